The van der Waals surface area contributed by atoms with Crippen LogP contribution in [0.5, 0.6) is 0 Å². The van der Waals surface area contributed by atoms with Gasteiger partial charge in [0.15, 0.2) is 0 Å². The van der Waals surface area contributed by atoms with Gasteiger partial charge in [-0.1, -0.05) is 25.3 Å². The third-order valence-corrected chi connectivity index (χ3v) is 7.95. The Kier molecular flexibility index (Phi) is 6.88. The van der Waals surface area contributed by atoms with E-state index in [9.17, 15) is 9.59 Å². The van der Waals surface area contributed by atoms with E-state index in [2.05, 4.69) is 27.5 Å². The van der Waals surface area contributed by atoms with Gasteiger partial charge in [-0.2, -0.15) is 0 Å². The minimum atomic E-state index is -0.0271. The highest BCUT2D eigenvalue weighted by Crippen LogP contribution is 2.33. The fourth-order valence-corrected chi connectivity index (χ4v) is 6.05. The van der Waals surface area contributed by atoms with E-state index in [1.165, 1.54) is 37.0 Å². The molecule has 7 heteroatoms. The van der Waals surface area contributed by atoms with Crippen LogP contribution >= 0.6 is 11.3 Å². The average Bonchev–Trinajstić information content (AvgIpc) is 3.40. The maximum absolute atomic E-state index is 13.0. The summed E-state index contributed by atoms with van der Waals surface area (Å²) < 4.78 is 0. The van der Waals surface area contributed by atoms with Gasteiger partial charge in [-0.3, -0.25) is 19.4 Å². The zero-order valence-corrected chi connectivity index (χ0v) is 18.3. The molecule has 0 aromatic carbocycles. The van der Waals surface area contributed by atoms with E-state index in [-0.39, 0.29) is 29.9 Å². The minimum Gasteiger partial charge on any atom is -0.353 e. The molecule has 2 amide bonds. The summed E-state index contributed by atoms with van der Waals surface area (Å²) in [6.45, 7) is 2.26. The van der Waals surface area contributed by atoms with Gasteiger partial charge < -0.3 is 10.6 Å². The Morgan fingerprint density at radius 3 is 2.86 bits per heavy atom. The van der Waals surface area contributed by atoms with Gasteiger partial charge in [0.05, 0.1) is 6.54 Å². The number of rotatable bonds is 6. The summed E-state index contributed by atoms with van der Waals surface area (Å²) in [7, 11) is 2.15. The van der Waals surface area contributed by atoms with Crippen molar-refractivity contribution in [2.45, 2.75) is 82.1 Å². The smallest absolute Gasteiger partial charge is 0.239 e. The molecule has 1 saturated carbocycles. The molecule has 3 heterocycles. The highest BCUT2D eigenvalue weighted by molar-refractivity contribution is 7.09. The zero-order valence-electron chi connectivity index (χ0n) is 17.4. The number of likely N-dealkylation sites (tertiary alicyclic amines) is 1. The number of likely N-dealkylation sites (N-methyl/N-ethyl adjacent to an activating group) is 1. The lowest BCUT2D eigenvalue weighted by molar-refractivity contribution is -0.127. The molecule has 6 nitrogen and oxygen atoms in total. The molecule has 2 N–H and O–H groups in total. The first-order chi connectivity index (χ1) is 14.1. The molecule has 0 bridgehead atoms. The molecule has 2 saturated heterocycles. The zero-order chi connectivity index (χ0) is 20.2. The predicted octanol–water partition coefficient (Wildman–Crippen LogP) is 2.35. The Balaban J connectivity index is 1.32. The van der Waals surface area contributed by atoms with Crippen LogP contribution < -0.4 is 10.6 Å². The summed E-state index contributed by atoms with van der Waals surface area (Å²) in [6.07, 6.45) is 8.70. The maximum Gasteiger partial charge on any atom is 0.239 e. The van der Waals surface area contributed by atoms with Gasteiger partial charge in [0, 0.05) is 42.5 Å². The summed E-state index contributed by atoms with van der Waals surface area (Å²) in [5, 5.41) is 8.24. The van der Waals surface area contributed by atoms with Crippen LogP contribution in [0.2, 0.25) is 0 Å². The fourth-order valence-electron chi connectivity index (χ4n) is 5.40. The Bertz CT molecular complexity index is 689. The van der Waals surface area contributed by atoms with Gasteiger partial charge >= 0.3 is 0 Å². The molecule has 1 aromatic rings. The molecule has 1 aliphatic carbocycles. The van der Waals surface area contributed by atoms with Crippen molar-refractivity contribution in [3.63, 3.8) is 0 Å². The van der Waals surface area contributed by atoms with Crippen molar-refractivity contribution >= 4 is 23.2 Å². The molecule has 0 unspecified atom stereocenters. The lowest BCUT2D eigenvalue weighted by atomic mass is 9.93. The number of carbonyl (C=O) groups excluding carboxylic acids is 2. The monoisotopic (exact) mass is 418 g/mol. The highest BCUT2D eigenvalue weighted by Gasteiger charge is 2.47. The van der Waals surface area contributed by atoms with Crippen molar-refractivity contribution < 1.29 is 9.59 Å². The normalized spacial score (nSPS) is 29.3. The lowest BCUT2D eigenvalue weighted by Crippen LogP contribution is -2.53. The van der Waals surface area contributed by atoms with Crippen LogP contribution in [0.25, 0.3) is 0 Å². The van der Waals surface area contributed by atoms with Gasteiger partial charge in [0.25, 0.3) is 0 Å². The van der Waals surface area contributed by atoms with Crippen LogP contribution in [0, 0.1) is 0 Å². The number of hydrogen-bond donors (Lipinski definition) is 2. The quantitative estimate of drug-likeness (QED) is 0.744. The number of thiophene rings is 1. The van der Waals surface area contributed by atoms with E-state index in [1.807, 2.05) is 17.5 Å². The van der Waals surface area contributed by atoms with Crippen LogP contribution in [0.3, 0.4) is 0 Å². The van der Waals surface area contributed by atoms with Crippen LogP contribution in [0.15, 0.2) is 17.5 Å². The first-order valence-electron chi connectivity index (χ1n) is 11.2. The highest BCUT2D eigenvalue weighted by atomic mass is 32.1. The van der Waals surface area contributed by atoms with Crippen LogP contribution in [-0.2, 0) is 16.1 Å². The van der Waals surface area contributed by atoms with Gasteiger partial charge in [-0.25, -0.2) is 0 Å². The lowest BCUT2D eigenvalue weighted by Gasteiger charge is -2.37. The van der Waals surface area contributed by atoms with Crippen LogP contribution in [-0.4, -0.2) is 65.9 Å². The predicted molar refractivity (Wildman–Crippen MR) is 116 cm³/mol. The molecule has 1 aromatic heterocycles. The molecule has 0 radical (unpaired) electrons. The standard InChI is InChI=1S/C22H34N4O2S/c1-25-17(9-10-20(27)23-15-18-8-5-13-29-18)14-24-22(28)21-19(25)11-12-26(21)16-6-3-2-4-7-16/h5,8,13,16-17,19,21H,2-4,6-7,9-12,14-15H2,1H3,(H,23,27)(H,24,28)/t17-,19+,21-/m0/s1. The molecule has 160 valence electrons. The van der Waals surface area contributed by atoms with Gasteiger partial charge in [0.2, 0.25) is 11.8 Å². The number of nitrogens with zero attached hydrogens (tertiary/aromatic N) is 2. The molecule has 4 rings (SSSR count). The number of nitrogens with one attached hydrogen (secondary N) is 2. The van der Waals surface area contributed by atoms with E-state index in [1.54, 1.807) is 11.3 Å². The summed E-state index contributed by atoms with van der Waals surface area (Å²) in [5.74, 6) is 0.281. The maximum atomic E-state index is 13.0. The van der Waals surface area contributed by atoms with Crippen molar-refractivity contribution in [3.8, 4) is 0 Å². The Morgan fingerprint density at radius 1 is 1.28 bits per heavy atom. The number of hydrogen-bond acceptors (Lipinski definition) is 5. The Hall–Kier alpha value is -1.44. The molecular formula is C22H34N4O2S. The molecule has 0 spiro atoms. The molecule has 3 atom stereocenters. The van der Waals surface area contributed by atoms with Crippen molar-refractivity contribution in [1.29, 1.82) is 0 Å². The Labute approximate surface area is 178 Å². The summed E-state index contributed by atoms with van der Waals surface area (Å²) >= 11 is 1.66. The summed E-state index contributed by atoms with van der Waals surface area (Å²) in [6, 6.07) is 5.06. The second kappa shape index (κ2) is 9.58. The second-order valence-electron chi connectivity index (χ2n) is 8.79. The number of fused-ring (bicyclic) bond motifs is 1. The first-order valence-corrected chi connectivity index (χ1v) is 12.1. The van der Waals surface area contributed by atoms with Gasteiger partial charge in [0.1, 0.15) is 6.04 Å². The first kappa shape index (κ1) is 20.8. The van der Waals surface area contributed by atoms with E-state index >= 15 is 0 Å². The van der Waals surface area contributed by atoms with Crippen molar-refractivity contribution in [2.75, 3.05) is 20.1 Å². The molecule has 3 fully saturated rings. The summed E-state index contributed by atoms with van der Waals surface area (Å²) in [4.78, 5) is 31.3. The van der Waals surface area contributed by atoms with E-state index in [4.69, 9.17) is 0 Å². The SMILES string of the molecule is CN1[C@@H](CCC(=O)NCc2cccs2)CNC(=O)[C@@H]2[C@H]1CCN2C1CCCCC1. The van der Waals surface area contributed by atoms with Crippen molar-refractivity contribution in [2.24, 2.45) is 0 Å². The van der Waals surface area contributed by atoms with E-state index in [0.29, 0.717) is 25.6 Å². The minimum absolute atomic E-state index is 0.0271. The third kappa shape index (κ3) is 4.84. The number of carbonyl (C=O) groups is 2. The van der Waals surface area contributed by atoms with Gasteiger partial charge in [-0.05, 0) is 44.2 Å². The molecule has 2 aliphatic heterocycles. The van der Waals surface area contributed by atoms with Crippen LogP contribution in [0.4, 0.5) is 0 Å². The molecule has 3 aliphatic rings. The average molecular weight is 419 g/mol. The fraction of sp³-hybridized carbons (Fsp3) is 0.727. The topological polar surface area (TPSA) is 64.7 Å². The van der Waals surface area contributed by atoms with Crippen molar-refractivity contribution in [1.82, 2.24) is 20.4 Å². The second-order valence-corrected chi connectivity index (χ2v) is 9.82. The Morgan fingerprint density at radius 2 is 2.10 bits per heavy atom. The largest absolute Gasteiger partial charge is 0.353 e. The van der Waals surface area contributed by atoms with Crippen LogP contribution in [0.1, 0.15) is 56.2 Å². The third-order valence-electron chi connectivity index (χ3n) is 7.07. The van der Waals surface area contributed by atoms with E-state index in [0.717, 1.165) is 19.4 Å². The van der Waals surface area contributed by atoms with Gasteiger partial charge in [-0.15, -0.1) is 11.3 Å². The molecular weight excluding hydrogens is 384 g/mol. The van der Waals surface area contributed by atoms with Crippen molar-refractivity contribution in [3.05, 3.63) is 22.4 Å². The summed E-state index contributed by atoms with van der Waals surface area (Å²) in [5.41, 5.74) is 0. The van der Waals surface area contributed by atoms with E-state index < -0.39 is 0 Å². The number of amides is 2. The molecule has 29 heavy (non-hydrogen) atoms.